The highest BCUT2D eigenvalue weighted by atomic mass is 32.1. The van der Waals surface area contributed by atoms with E-state index < -0.39 is 0 Å². The first kappa shape index (κ1) is 19.0. The molecule has 2 aliphatic rings. The highest BCUT2D eigenvalue weighted by Gasteiger charge is 2.24. The third kappa shape index (κ3) is 3.75. The van der Waals surface area contributed by atoms with Gasteiger partial charge in [-0.2, -0.15) is 0 Å². The third-order valence-corrected chi connectivity index (χ3v) is 6.43. The summed E-state index contributed by atoms with van der Waals surface area (Å²) in [5.74, 6) is 2.47. The number of thiazole rings is 1. The second-order valence-corrected chi connectivity index (χ2v) is 8.30. The number of carbonyl (C=O) groups excluding carboxylic acids is 1. The maximum Gasteiger partial charge on any atom is 0.231 e. The second-order valence-electron chi connectivity index (χ2n) is 7.29. The highest BCUT2D eigenvalue weighted by Crippen LogP contribution is 2.33. The van der Waals surface area contributed by atoms with Crippen LogP contribution in [0.1, 0.15) is 12.5 Å². The molecule has 3 heterocycles. The first-order chi connectivity index (χ1) is 14.7. The van der Waals surface area contributed by atoms with Gasteiger partial charge in [-0.05, 0) is 42.8 Å². The molecule has 0 radical (unpaired) electrons. The van der Waals surface area contributed by atoms with Gasteiger partial charge in [-0.25, -0.2) is 4.98 Å². The first-order valence-corrected chi connectivity index (χ1v) is 11.0. The van der Waals surface area contributed by atoms with Crippen molar-refractivity contribution in [2.75, 3.05) is 44.5 Å². The van der Waals surface area contributed by atoms with Crippen LogP contribution in [-0.2, 0) is 11.2 Å². The van der Waals surface area contributed by atoms with Gasteiger partial charge in [0.05, 0.1) is 23.2 Å². The predicted molar refractivity (Wildman–Crippen MR) is 116 cm³/mol. The zero-order chi connectivity index (χ0) is 20.5. The summed E-state index contributed by atoms with van der Waals surface area (Å²) in [6, 6.07) is 11.7. The van der Waals surface area contributed by atoms with Crippen molar-refractivity contribution in [3.05, 3.63) is 42.0 Å². The average molecular weight is 426 g/mol. The van der Waals surface area contributed by atoms with Crippen molar-refractivity contribution in [1.82, 2.24) is 9.88 Å². The van der Waals surface area contributed by atoms with Crippen LogP contribution in [0, 0.1) is 0 Å². The Morgan fingerprint density at radius 3 is 2.77 bits per heavy atom. The standard InChI is InChI=1S/C22H23N3O4S/c1-2-27-16-4-5-17-20(13-16)30-22(23-17)25-9-7-24(8-10-25)21(26)12-15-3-6-18-19(11-15)29-14-28-18/h3-6,11,13H,2,7-10,12,14H2,1H3. The SMILES string of the molecule is CCOc1ccc2nc(N3CCN(C(=O)Cc4ccc5c(c4)OCO5)CC3)sc2c1. The van der Waals surface area contributed by atoms with E-state index in [4.69, 9.17) is 19.2 Å². The Balaban J connectivity index is 1.20. The summed E-state index contributed by atoms with van der Waals surface area (Å²) in [5, 5.41) is 1.00. The van der Waals surface area contributed by atoms with Gasteiger partial charge in [0.1, 0.15) is 5.75 Å². The molecule has 0 aliphatic carbocycles. The minimum absolute atomic E-state index is 0.138. The number of hydrogen-bond acceptors (Lipinski definition) is 7. The lowest BCUT2D eigenvalue weighted by molar-refractivity contribution is -0.130. The molecular weight excluding hydrogens is 402 g/mol. The van der Waals surface area contributed by atoms with Crippen LogP contribution in [0.4, 0.5) is 5.13 Å². The van der Waals surface area contributed by atoms with Gasteiger partial charge in [-0.1, -0.05) is 17.4 Å². The average Bonchev–Trinajstić information content (AvgIpc) is 3.40. The number of carbonyl (C=O) groups is 1. The summed E-state index contributed by atoms with van der Waals surface area (Å²) in [4.78, 5) is 21.7. The van der Waals surface area contributed by atoms with E-state index in [-0.39, 0.29) is 12.7 Å². The van der Waals surface area contributed by atoms with Gasteiger partial charge in [0.15, 0.2) is 16.6 Å². The van der Waals surface area contributed by atoms with E-state index in [1.807, 2.05) is 48.2 Å². The number of fused-ring (bicyclic) bond motifs is 2. The van der Waals surface area contributed by atoms with E-state index in [1.165, 1.54) is 0 Å². The van der Waals surface area contributed by atoms with E-state index >= 15 is 0 Å². The van der Waals surface area contributed by atoms with E-state index in [9.17, 15) is 4.79 Å². The fourth-order valence-corrected chi connectivity index (χ4v) is 4.81. The third-order valence-electron chi connectivity index (χ3n) is 5.35. The zero-order valence-corrected chi connectivity index (χ0v) is 17.6. The molecule has 0 N–H and O–H groups in total. The smallest absolute Gasteiger partial charge is 0.231 e. The maximum atomic E-state index is 12.8. The van der Waals surface area contributed by atoms with Gasteiger partial charge in [-0.15, -0.1) is 0 Å². The molecule has 1 aromatic heterocycles. The molecule has 7 nitrogen and oxygen atoms in total. The summed E-state index contributed by atoms with van der Waals surface area (Å²) >= 11 is 1.67. The minimum atomic E-state index is 0.138. The highest BCUT2D eigenvalue weighted by molar-refractivity contribution is 7.22. The Morgan fingerprint density at radius 1 is 1.10 bits per heavy atom. The van der Waals surface area contributed by atoms with E-state index in [2.05, 4.69) is 4.90 Å². The molecule has 156 valence electrons. The Labute approximate surface area is 178 Å². The molecular formula is C22H23N3O4S. The molecule has 30 heavy (non-hydrogen) atoms. The lowest BCUT2D eigenvalue weighted by Crippen LogP contribution is -2.49. The molecule has 0 bridgehead atoms. The van der Waals surface area contributed by atoms with Crippen LogP contribution in [-0.4, -0.2) is 55.4 Å². The van der Waals surface area contributed by atoms with Crippen LogP contribution in [0.3, 0.4) is 0 Å². The van der Waals surface area contributed by atoms with E-state index in [0.717, 1.165) is 45.5 Å². The van der Waals surface area contributed by atoms with Crippen LogP contribution in [0.15, 0.2) is 36.4 Å². The topological polar surface area (TPSA) is 64.1 Å². The molecule has 0 spiro atoms. The lowest BCUT2D eigenvalue weighted by atomic mass is 10.1. The zero-order valence-electron chi connectivity index (χ0n) is 16.8. The molecule has 2 aliphatic heterocycles. The fourth-order valence-electron chi connectivity index (χ4n) is 3.77. The normalized spacial score (nSPS) is 15.6. The number of benzene rings is 2. The Bertz CT molecular complexity index is 1080. The molecule has 0 saturated carbocycles. The van der Waals surface area contributed by atoms with Crippen molar-refractivity contribution < 1.29 is 19.0 Å². The molecule has 2 aromatic carbocycles. The quantitative estimate of drug-likeness (QED) is 0.625. The number of aromatic nitrogens is 1. The first-order valence-electron chi connectivity index (χ1n) is 10.1. The number of nitrogens with zero attached hydrogens (tertiary/aromatic N) is 3. The minimum Gasteiger partial charge on any atom is -0.494 e. The predicted octanol–water partition coefficient (Wildman–Crippen LogP) is 3.32. The Kier molecular flexibility index (Phi) is 5.08. The van der Waals surface area contributed by atoms with Crippen molar-refractivity contribution in [2.45, 2.75) is 13.3 Å². The van der Waals surface area contributed by atoms with Crippen molar-refractivity contribution in [3.8, 4) is 17.2 Å². The number of ether oxygens (including phenoxy) is 3. The van der Waals surface area contributed by atoms with Gasteiger partial charge in [0.2, 0.25) is 12.7 Å². The number of amides is 1. The van der Waals surface area contributed by atoms with Gasteiger partial charge >= 0.3 is 0 Å². The van der Waals surface area contributed by atoms with Gasteiger partial charge in [0, 0.05) is 26.2 Å². The van der Waals surface area contributed by atoms with Gasteiger partial charge < -0.3 is 24.0 Å². The molecule has 1 saturated heterocycles. The van der Waals surface area contributed by atoms with Crippen LogP contribution in [0.25, 0.3) is 10.2 Å². The maximum absolute atomic E-state index is 12.8. The molecule has 1 amide bonds. The Morgan fingerprint density at radius 2 is 1.93 bits per heavy atom. The molecule has 5 rings (SSSR count). The summed E-state index contributed by atoms with van der Waals surface area (Å²) in [6.07, 6.45) is 0.373. The van der Waals surface area contributed by atoms with Crippen LogP contribution in [0.5, 0.6) is 17.2 Å². The summed E-state index contributed by atoms with van der Waals surface area (Å²) in [7, 11) is 0. The lowest BCUT2D eigenvalue weighted by Gasteiger charge is -2.34. The van der Waals surface area contributed by atoms with Gasteiger partial charge in [-0.3, -0.25) is 4.79 Å². The van der Waals surface area contributed by atoms with Gasteiger partial charge in [0.25, 0.3) is 0 Å². The second kappa shape index (κ2) is 8.02. The van der Waals surface area contributed by atoms with Crippen molar-refractivity contribution in [3.63, 3.8) is 0 Å². The number of hydrogen-bond donors (Lipinski definition) is 0. The van der Waals surface area contributed by atoms with Crippen molar-refractivity contribution >= 4 is 32.6 Å². The summed E-state index contributed by atoms with van der Waals surface area (Å²) < 4.78 is 17.5. The summed E-state index contributed by atoms with van der Waals surface area (Å²) in [6.45, 7) is 5.84. The summed E-state index contributed by atoms with van der Waals surface area (Å²) in [5.41, 5.74) is 1.93. The van der Waals surface area contributed by atoms with Crippen LogP contribution >= 0.6 is 11.3 Å². The fraction of sp³-hybridized carbons (Fsp3) is 0.364. The Hall–Kier alpha value is -3.00. The van der Waals surface area contributed by atoms with Crippen LogP contribution < -0.4 is 19.1 Å². The number of anilines is 1. The molecule has 0 unspecified atom stereocenters. The molecule has 3 aromatic rings. The molecule has 8 heteroatoms. The number of rotatable bonds is 5. The van der Waals surface area contributed by atoms with Crippen LogP contribution in [0.2, 0.25) is 0 Å². The van der Waals surface area contributed by atoms with E-state index in [1.54, 1.807) is 11.3 Å². The molecule has 0 atom stereocenters. The largest absolute Gasteiger partial charge is 0.494 e. The number of piperazine rings is 1. The molecule has 1 fully saturated rings. The van der Waals surface area contributed by atoms with Crippen molar-refractivity contribution in [1.29, 1.82) is 0 Å². The monoisotopic (exact) mass is 425 g/mol. The van der Waals surface area contributed by atoms with Crippen molar-refractivity contribution in [2.24, 2.45) is 0 Å². The van der Waals surface area contributed by atoms with E-state index in [0.29, 0.717) is 31.9 Å².